The van der Waals surface area contributed by atoms with Gasteiger partial charge in [-0.1, -0.05) is 24.3 Å². The van der Waals surface area contributed by atoms with Gasteiger partial charge in [-0.2, -0.15) is 5.10 Å². The minimum absolute atomic E-state index is 0.873. The van der Waals surface area contributed by atoms with Crippen LogP contribution < -0.4 is 15.5 Å². The topological polar surface area (TPSA) is 57.5 Å². The fourth-order valence-corrected chi connectivity index (χ4v) is 3.22. The van der Waals surface area contributed by atoms with Gasteiger partial charge < -0.3 is 15.5 Å². The molecular weight excluding hydrogens is 300 g/mol. The smallest absolute Gasteiger partial charge is 0.137 e. The van der Waals surface area contributed by atoms with E-state index in [-0.39, 0.29) is 0 Å². The Hall–Kier alpha value is -2.44. The molecule has 1 aliphatic heterocycles. The van der Waals surface area contributed by atoms with Crippen LogP contribution in [0, 0.1) is 0 Å². The maximum absolute atomic E-state index is 4.53. The highest BCUT2D eigenvalue weighted by Crippen LogP contribution is 2.27. The predicted octanol–water partition coefficient (Wildman–Crippen LogP) is 1.53. The second-order valence-electron chi connectivity index (χ2n) is 6.10. The molecule has 124 valence electrons. The minimum atomic E-state index is 0.873. The van der Waals surface area contributed by atoms with E-state index in [9.17, 15) is 0 Å². The molecule has 6 nitrogen and oxygen atoms in total. The minimum Gasteiger partial charge on any atom is -0.368 e. The second-order valence-corrected chi connectivity index (χ2v) is 6.10. The summed E-state index contributed by atoms with van der Waals surface area (Å²) in [6.07, 6.45) is 3.73. The highest BCUT2D eigenvalue weighted by atomic mass is 15.3. The van der Waals surface area contributed by atoms with E-state index >= 15 is 0 Å². The van der Waals surface area contributed by atoms with Gasteiger partial charge >= 0.3 is 0 Å². The van der Waals surface area contributed by atoms with Crippen LogP contribution in [0.25, 0.3) is 16.8 Å². The predicted molar refractivity (Wildman–Crippen MR) is 96.3 cm³/mol. The number of nitrogens with zero attached hydrogens (tertiary/aromatic N) is 4. The van der Waals surface area contributed by atoms with E-state index in [1.807, 2.05) is 11.6 Å². The Labute approximate surface area is 141 Å². The second kappa shape index (κ2) is 6.59. The van der Waals surface area contributed by atoms with Crippen molar-refractivity contribution in [2.45, 2.75) is 6.54 Å². The van der Waals surface area contributed by atoms with E-state index in [1.54, 1.807) is 6.33 Å². The number of nitrogens with one attached hydrogen (secondary N) is 2. The van der Waals surface area contributed by atoms with Crippen LogP contribution in [-0.2, 0) is 6.54 Å². The van der Waals surface area contributed by atoms with Gasteiger partial charge in [0.25, 0.3) is 0 Å². The summed E-state index contributed by atoms with van der Waals surface area (Å²) in [7, 11) is 1.96. The van der Waals surface area contributed by atoms with Crippen molar-refractivity contribution >= 4 is 11.2 Å². The zero-order valence-corrected chi connectivity index (χ0v) is 13.9. The molecule has 2 N–H and O–H groups in total. The lowest BCUT2D eigenvalue weighted by Gasteiger charge is -2.28. The number of rotatable bonds is 4. The molecule has 0 radical (unpaired) electrons. The maximum atomic E-state index is 4.53. The summed E-state index contributed by atoms with van der Waals surface area (Å²) >= 11 is 0. The van der Waals surface area contributed by atoms with Gasteiger partial charge in [-0.05, 0) is 18.7 Å². The van der Waals surface area contributed by atoms with Gasteiger partial charge in [-0.25, -0.2) is 9.50 Å². The molecule has 0 spiro atoms. The number of anilines is 1. The van der Waals surface area contributed by atoms with Gasteiger partial charge in [0.05, 0.1) is 23.1 Å². The molecule has 1 saturated heterocycles. The molecule has 1 fully saturated rings. The first kappa shape index (κ1) is 15.1. The van der Waals surface area contributed by atoms with Crippen LogP contribution in [0.5, 0.6) is 0 Å². The third kappa shape index (κ3) is 2.86. The fourth-order valence-electron chi connectivity index (χ4n) is 3.22. The third-order valence-corrected chi connectivity index (χ3v) is 4.48. The summed E-state index contributed by atoms with van der Waals surface area (Å²) in [5.74, 6) is 0. The Morgan fingerprint density at radius 3 is 2.71 bits per heavy atom. The molecule has 0 bridgehead atoms. The number of benzene rings is 1. The molecule has 4 rings (SSSR count). The van der Waals surface area contributed by atoms with Crippen molar-refractivity contribution in [3.63, 3.8) is 0 Å². The van der Waals surface area contributed by atoms with Crippen LogP contribution in [0.3, 0.4) is 0 Å². The zero-order chi connectivity index (χ0) is 16.4. The lowest BCUT2D eigenvalue weighted by atomic mass is 10.1. The molecule has 6 heteroatoms. The van der Waals surface area contributed by atoms with Crippen LogP contribution in [0.4, 0.5) is 5.69 Å². The lowest BCUT2D eigenvalue weighted by molar-refractivity contribution is 0.589. The normalized spacial score (nSPS) is 15.1. The van der Waals surface area contributed by atoms with Gasteiger partial charge in [0.1, 0.15) is 6.33 Å². The largest absolute Gasteiger partial charge is 0.368 e. The maximum Gasteiger partial charge on any atom is 0.137 e. The van der Waals surface area contributed by atoms with E-state index in [2.05, 4.69) is 62.1 Å². The van der Waals surface area contributed by atoms with Crippen LogP contribution in [0.2, 0.25) is 0 Å². The SMILES string of the molecule is CNCc1ccc(-c2ncnn3cc(N4CCNCC4)cc23)cc1. The number of fused-ring (bicyclic) bond motifs is 1. The third-order valence-electron chi connectivity index (χ3n) is 4.48. The van der Waals surface area contributed by atoms with E-state index < -0.39 is 0 Å². The van der Waals surface area contributed by atoms with Crippen molar-refractivity contribution in [3.05, 3.63) is 48.4 Å². The van der Waals surface area contributed by atoms with Crippen LogP contribution in [0.15, 0.2) is 42.9 Å². The Balaban J connectivity index is 1.71. The first-order chi connectivity index (χ1) is 11.8. The first-order valence-corrected chi connectivity index (χ1v) is 8.38. The highest BCUT2D eigenvalue weighted by molar-refractivity contribution is 5.79. The summed E-state index contributed by atoms with van der Waals surface area (Å²) in [5.41, 5.74) is 5.62. The van der Waals surface area contributed by atoms with E-state index in [4.69, 9.17) is 0 Å². The number of aromatic nitrogens is 3. The van der Waals surface area contributed by atoms with E-state index in [1.165, 1.54) is 11.3 Å². The number of hydrogen-bond donors (Lipinski definition) is 2. The van der Waals surface area contributed by atoms with Crippen molar-refractivity contribution in [2.24, 2.45) is 0 Å². The monoisotopic (exact) mass is 322 g/mol. The highest BCUT2D eigenvalue weighted by Gasteiger charge is 2.15. The lowest BCUT2D eigenvalue weighted by Crippen LogP contribution is -2.43. The fraction of sp³-hybridized carbons (Fsp3) is 0.333. The molecule has 0 aliphatic carbocycles. The average Bonchev–Trinajstić information content (AvgIpc) is 3.08. The van der Waals surface area contributed by atoms with E-state index in [0.29, 0.717) is 0 Å². The first-order valence-electron chi connectivity index (χ1n) is 8.38. The summed E-state index contributed by atoms with van der Waals surface area (Å²) < 4.78 is 1.93. The molecule has 2 aromatic heterocycles. The van der Waals surface area contributed by atoms with Crippen molar-refractivity contribution in [1.82, 2.24) is 25.2 Å². The van der Waals surface area contributed by atoms with Crippen molar-refractivity contribution < 1.29 is 0 Å². The van der Waals surface area contributed by atoms with Crippen LogP contribution in [0.1, 0.15) is 5.56 Å². The Bertz CT molecular complexity index is 817. The van der Waals surface area contributed by atoms with Crippen molar-refractivity contribution in [3.8, 4) is 11.3 Å². The van der Waals surface area contributed by atoms with Gasteiger partial charge in [-0.3, -0.25) is 0 Å². The number of piperazine rings is 1. The molecule has 1 aromatic carbocycles. The molecule has 24 heavy (non-hydrogen) atoms. The molecule has 0 saturated carbocycles. The standard InChI is InChI=1S/C18H22N6/c1-19-11-14-2-4-15(5-3-14)18-17-10-16(12-24(17)22-13-21-18)23-8-6-20-7-9-23/h2-5,10,12-13,19-20H,6-9,11H2,1H3. The van der Waals surface area contributed by atoms with E-state index in [0.717, 1.165) is 49.5 Å². The Morgan fingerprint density at radius 2 is 1.96 bits per heavy atom. The van der Waals surface area contributed by atoms with Crippen LogP contribution in [-0.4, -0.2) is 47.8 Å². The summed E-state index contributed by atoms with van der Waals surface area (Å²) in [6.45, 7) is 4.98. The van der Waals surface area contributed by atoms with Gasteiger partial charge in [0, 0.05) is 38.3 Å². The molecule has 0 atom stereocenters. The Morgan fingerprint density at radius 1 is 1.17 bits per heavy atom. The van der Waals surface area contributed by atoms with Crippen LogP contribution >= 0.6 is 0 Å². The van der Waals surface area contributed by atoms with Gasteiger partial charge in [-0.15, -0.1) is 0 Å². The molecular formula is C18H22N6. The molecule has 0 amide bonds. The summed E-state index contributed by atoms with van der Waals surface area (Å²) in [6, 6.07) is 10.7. The molecule has 0 unspecified atom stereocenters. The molecule has 3 aromatic rings. The number of hydrogen-bond acceptors (Lipinski definition) is 5. The molecule has 1 aliphatic rings. The van der Waals surface area contributed by atoms with Gasteiger partial charge in [0.2, 0.25) is 0 Å². The average molecular weight is 322 g/mol. The summed E-state index contributed by atoms with van der Waals surface area (Å²) in [5, 5.41) is 10.9. The van der Waals surface area contributed by atoms with Crippen molar-refractivity contribution in [1.29, 1.82) is 0 Å². The Kier molecular flexibility index (Phi) is 4.15. The van der Waals surface area contributed by atoms with Gasteiger partial charge in [0.15, 0.2) is 0 Å². The van der Waals surface area contributed by atoms with Crippen molar-refractivity contribution in [2.75, 3.05) is 38.1 Å². The summed E-state index contributed by atoms with van der Waals surface area (Å²) in [4.78, 5) is 6.93. The molecule has 3 heterocycles. The zero-order valence-electron chi connectivity index (χ0n) is 13.9. The quantitative estimate of drug-likeness (QED) is 0.763.